The Morgan fingerprint density at radius 1 is 1.19 bits per heavy atom. The fourth-order valence-corrected chi connectivity index (χ4v) is 4.31. The van der Waals surface area contributed by atoms with Gasteiger partial charge in [-0.15, -0.1) is 0 Å². The van der Waals surface area contributed by atoms with Crippen molar-refractivity contribution in [2.45, 2.75) is 45.6 Å². The van der Waals surface area contributed by atoms with Gasteiger partial charge in [0.15, 0.2) is 5.96 Å². The zero-order valence-corrected chi connectivity index (χ0v) is 19.5. The van der Waals surface area contributed by atoms with Gasteiger partial charge in [-0.3, -0.25) is 9.89 Å². The molecule has 2 unspecified atom stereocenters. The summed E-state index contributed by atoms with van der Waals surface area (Å²) in [6, 6.07) is 11.2. The lowest BCUT2D eigenvalue weighted by atomic mass is 9.96. The van der Waals surface area contributed by atoms with E-state index in [1.54, 1.807) is 0 Å². The fourth-order valence-electron chi connectivity index (χ4n) is 4.31. The second-order valence-corrected chi connectivity index (χ2v) is 8.95. The highest BCUT2D eigenvalue weighted by Crippen LogP contribution is 2.27. The molecule has 1 aromatic carbocycles. The van der Waals surface area contributed by atoms with Gasteiger partial charge in [-0.2, -0.15) is 0 Å². The minimum Gasteiger partial charge on any atom is -0.381 e. The maximum Gasteiger partial charge on any atom is 0.191 e. The topological polar surface area (TPSA) is 58.1 Å². The van der Waals surface area contributed by atoms with Crippen LogP contribution < -0.4 is 10.6 Å². The lowest BCUT2D eigenvalue weighted by Gasteiger charge is -2.36. The fraction of sp³-hybridized carbons (Fsp3) is 0.720. The largest absolute Gasteiger partial charge is 0.381 e. The third-order valence-corrected chi connectivity index (χ3v) is 6.35. The van der Waals surface area contributed by atoms with E-state index in [1.807, 2.05) is 0 Å². The molecule has 174 valence electrons. The molecule has 2 saturated heterocycles. The molecular weight excluding hydrogens is 388 g/mol. The molecule has 0 aromatic heterocycles. The minimum absolute atomic E-state index is 0.334. The number of hydrogen-bond donors (Lipinski definition) is 2. The SMILES string of the molecule is CCNC(=NCC(c1ccccc1)N1CCC(C)CC1)NCCCOCC1CCOC1. The molecule has 0 bridgehead atoms. The van der Waals surface area contributed by atoms with E-state index in [4.69, 9.17) is 14.5 Å². The molecule has 31 heavy (non-hydrogen) atoms. The van der Waals surface area contributed by atoms with Crippen molar-refractivity contribution in [3.05, 3.63) is 35.9 Å². The summed E-state index contributed by atoms with van der Waals surface area (Å²) in [7, 11) is 0. The molecule has 0 spiro atoms. The molecule has 0 amide bonds. The summed E-state index contributed by atoms with van der Waals surface area (Å²) in [5.74, 6) is 2.32. The van der Waals surface area contributed by atoms with Crippen LogP contribution in [0.1, 0.15) is 51.1 Å². The lowest BCUT2D eigenvalue weighted by Crippen LogP contribution is -2.40. The summed E-state index contributed by atoms with van der Waals surface area (Å²) in [5, 5.41) is 6.88. The Morgan fingerprint density at radius 2 is 2.00 bits per heavy atom. The van der Waals surface area contributed by atoms with Crippen molar-refractivity contribution in [1.82, 2.24) is 15.5 Å². The zero-order valence-electron chi connectivity index (χ0n) is 19.5. The van der Waals surface area contributed by atoms with Crippen LogP contribution in [-0.4, -0.2) is 70.0 Å². The van der Waals surface area contributed by atoms with Crippen molar-refractivity contribution >= 4 is 5.96 Å². The van der Waals surface area contributed by atoms with Crippen LogP contribution in [0.4, 0.5) is 0 Å². The number of likely N-dealkylation sites (tertiary alicyclic amines) is 1. The molecule has 2 aliphatic heterocycles. The van der Waals surface area contributed by atoms with Gasteiger partial charge >= 0.3 is 0 Å². The van der Waals surface area contributed by atoms with Gasteiger partial charge < -0.3 is 20.1 Å². The number of nitrogens with zero attached hydrogens (tertiary/aromatic N) is 2. The van der Waals surface area contributed by atoms with Crippen LogP contribution >= 0.6 is 0 Å². The maximum absolute atomic E-state index is 5.82. The Labute approximate surface area is 188 Å². The Hall–Kier alpha value is -1.63. The molecule has 2 heterocycles. The number of rotatable bonds is 11. The molecule has 2 fully saturated rings. The third kappa shape index (κ3) is 8.43. The molecule has 0 saturated carbocycles. The first kappa shape index (κ1) is 24.0. The number of hydrogen-bond acceptors (Lipinski definition) is 4. The van der Waals surface area contributed by atoms with Crippen LogP contribution in [0.3, 0.4) is 0 Å². The smallest absolute Gasteiger partial charge is 0.191 e. The number of ether oxygens (including phenoxy) is 2. The minimum atomic E-state index is 0.334. The van der Waals surface area contributed by atoms with Crippen molar-refractivity contribution in [2.24, 2.45) is 16.8 Å². The van der Waals surface area contributed by atoms with Gasteiger partial charge in [0.25, 0.3) is 0 Å². The molecular formula is C25H42N4O2. The first-order valence-electron chi connectivity index (χ1n) is 12.2. The standard InChI is InChI=1S/C25H42N4O2/c1-3-26-25(27-13-7-16-30-19-22-12-17-31-20-22)28-18-24(23-8-5-4-6-9-23)29-14-10-21(2)11-15-29/h4-6,8-9,21-22,24H,3,7,10-20H2,1-2H3,(H2,26,27,28). The number of guanidine groups is 1. The van der Waals surface area contributed by atoms with E-state index in [9.17, 15) is 0 Å². The molecule has 6 nitrogen and oxygen atoms in total. The Morgan fingerprint density at radius 3 is 2.71 bits per heavy atom. The first-order valence-corrected chi connectivity index (χ1v) is 12.2. The van der Waals surface area contributed by atoms with Crippen LogP contribution in [0.25, 0.3) is 0 Å². The molecule has 3 rings (SSSR count). The number of nitrogens with one attached hydrogen (secondary N) is 2. The van der Waals surface area contributed by atoms with E-state index in [0.717, 1.165) is 83.9 Å². The lowest BCUT2D eigenvalue weighted by molar-refractivity contribution is 0.0888. The number of piperidine rings is 1. The molecule has 2 N–H and O–H groups in total. The molecule has 2 aliphatic rings. The van der Waals surface area contributed by atoms with Gasteiger partial charge in [-0.25, -0.2) is 0 Å². The third-order valence-electron chi connectivity index (χ3n) is 6.35. The second kappa shape index (κ2) is 13.7. The highest BCUT2D eigenvalue weighted by atomic mass is 16.5. The predicted molar refractivity (Wildman–Crippen MR) is 127 cm³/mol. The van der Waals surface area contributed by atoms with E-state index in [1.165, 1.54) is 18.4 Å². The monoisotopic (exact) mass is 430 g/mol. The average Bonchev–Trinajstić information content (AvgIpc) is 3.31. The van der Waals surface area contributed by atoms with Crippen molar-refractivity contribution < 1.29 is 9.47 Å². The van der Waals surface area contributed by atoms with E-state index in [-0.39, 0.29) is 0 Å². The van der Waals surface area contributed by atoms with Crippen LogP contribution in [0.15, 0.2) is 35.3 Å². The van der Waals surface area contributed by atoms with Gasteiger partial charge in [0.1, 0.15) is 0 Å². The highest BCUT2D eigenvalue weighted by molar-refractivity contribution is 5.79. The maximum atomic E-state index is 5.82. The summed E-state index contributed by atoms with van der Waals surface area (Å²) in [6.45, 7) is 12.6. The average molecular weight is 431 g/mol. The van der Waals surface area contributed by atoms with Crippen molar-refractivity contribution in [2.75, 3.05) is 59.2 Å². The summed E-state index contributed by atoms with van der Waals surface area (Å²) >= 11 is 0. The van der Waals surface area contributed by atoms with Crippen LogP contribution in [0.5, 0.6) is 0 Å². The van der Waals surface area contributed by atoms with E-state index in [0.29, 0.717) is 12.0 Å². The van der Waals surface area contributed by atoms with Crippen molar-refractivity contribution in [1.29, 1.82) is 0 Å². The van der Waals surface area contributed by atoms with Crippen LogP contribution in [0.2, 0.25) is 0 Å². The molecule has 0 radical (unpaired) electrons. The van der Waals surface area contributed by atoms with Gasteiger partial charge in [-0.05, 0) is 57.2 Å². The van der Waals surface area contributed by atoms with E-state index in [2.05, 4.69) is 59.7 Å². The molecule has 6 heteroatoms. The molecule has 0 aliphatic carbocycles. The van der Waals surface area contributed by atoms with Gasteiger partial charge in [-0.1, -0.05) is 37.3 Å². The second-order valence-electron chi connectivity index (χ2n) is 8.95. The van der Waals surface area contributed by atoms with Crippen LogP contribution in [0, 0.1) is 11.8 Å². The Balaban J connectivity index is 1.48. The van der Waals surface area contributed by atoms with E-state index >= 15 is 0 Å². The Kier molecular flexibility index (Phi) is 10.6. The summed E-state index contributed by atoms with van der Waals surface area (Å²) in [4.78, 5) is 7.57. The van der Waals surface area contributed by atoms with Gasteiger partial charge in [0, 0.05) is 32.2 Å². The molecule has 1 aromatic rings. The Bertz CT molecular complexity index is 626. The summed E-state index contributed by atoms with van der Waals surface area (Å²) in [5.41, 5.74) is 1.36. The van der Waals surface area contributed by atoms with E-state index < -0.39 is 0 Å². The predicted octanol–water partition coefficient (Wildman–Crippen LogP) is 3.46. The zero-order chi connectivity index (χ0) is 21.7. The number of aliphatic imine (C=N–C) groups is 1. The quantitative estimate of drug-likeness (QED) is 0.320. The summed E-state index contributed by atoms with van der Waals surface area (Å²) < 4.78 is 11.2. The highest BCUT2D eigenvalue weighted by Gasteiger charge is 2.24. The normalized spacial score (nSPS) is 21.9. The molecule has 2 atom stereocenters. The van der Waals surface area contributed by atoms with Gasteiger partial charge in [0.2, 0.25) is 0 Å². The van der Waals surface area contributed by atoms with Crippen LogP contribution in [-0.2, 0) is 9.47 Å². The number of benzene rings is 1. The van der Waals surface area contributed by atoms with Crippen molar-refractivity contribution in [3.8, 4) is 0 Å². The van der Waals surface area contributed by atoms with Gasteiger partial charge in [0.05, 0.1) is 25.8 Å². The van der Waals surface area contributed by atoms with Crippen molar-refractivity contribution in [3.63, 3.8) is 0 Å². The summed E-state index contributed by atoms with van der Waals surface area (Å²) in [6.07, 6.45) is 4.66. The first-order chi connectivity index (χ1) is 15.3.